The minimum atomic E-state index is 0.799. The zero-order valence-corrected chi connectivity index (χ0v) is 10.9. The Morgan fingerprint density at radius 3 is 2.95 bits per heavy atom. The van der Waals surface area contributed by atoms with E-state index in [2.05, 4.69) is 34.5 Å². The Morgan fingerprint density at radius 1 is 1.16 bits per heavy atom. The Kier molecular flexibility index (Phi) is 3.25. The first-order valence-corrected chi connectivity index (χ1v) is 6.47. The molecule has 0 spiro atoms. The van der Waals surface area contributed by atoms with Crippen molar-refractivity contribution in [3.63, 3.8) is 0 Å². The first-order valence-electron chi connectivity index (χ1n) is 6.47. The van der Waals surface area contributed by atoms with E-state index in [9.17, 15) is 0 Å². The van der Waals surface area contributed by atoms with Crippen LogP contribution in [0.1, 0.15) is 12.5 Å². The van der Waals surface area contributed by atoms with Crippen molar-refractivity contribution in [2.75, 3.05) is 6.54 Å². The van der Waals surface area contributed by atoms with Crippen molar-refractivity contribution in [1.29, 1.82) is 0 Å². The molecule has 3 aromatic rings. The smallest absolute Gasteiger partial charge is 0.0741 e. The summed E-state index contributed by atoms with van der Waals surface area (Å²) >= 11 is 0. The van der Waals surface area contributed by atoms with Crippen LogP contribution >= 0.6 is 0 Å². The lowest BCUT2D eigenvalue weighted by atomic mass is 10.2. The van der Waals surface area contributed by atoms with Gasteiger partial charge in [0.15, 0.2) is 0 Å². The van der Waals surface area contributed by atoms with E-state index in [1.54, 1.807) is 6.20 Å². The lowest BCUT2D eigenvalue weighted by Gasteiger charge is -2.10. The van der Waals surface area contributed by atoms with Gasteiger partial charge in [0.2, 0.25) is 0 Å². The van der Waals surface area contributed by atoms with Crippen molar-refractivity contribution < 1.29 is 0 Å². The average Bonchev–Trinajstić information content (AvgIpc) is 2.89. The van der Waals surface area contributed by atoms with Gasteiger partial charge in [-0.3, -0.25) is 4.98 Å². The fourth-order valence-electron chi connectivity index (χ4n) is 2.19. The lowest BCUT2D eigenvalue weighted by molar-refractivity contribution is 0.716. The molecule has 0 amide bonds. The van der Waals surface area contributed by atoms with Crippen LogP contribution in [0, 0.1) is 0 Å². The molecule has 19 heavy (non-hydrogen) atoms. The first kappa shape index (κ1) is 11.9. The largest absolute Gasteiger partial charge is 0.313 e. The van der Waals surface area contributed by atoms with E-state index >= 15 is 0 Å². The van der Waals surface area contributed by atoms with Gasteiger partial charge in [0.05, 0.1) is 17.4 Å². The van der Waals surface area contributed by atoms with Gasteiger partial charge in [-0.15, -0.1) is 0 Å². The van der Waals surface area contributed by atoms with Crippen LogP contribution in [-0.4, -0.2) is 21.3 Å². The highest BCUT2D eigenvalue weighted by molar-refractivity contribution is 5.80. The predicted octanol–water partition coefficient (Wildman–Crippen LogP) is 2.53. The third-order valence-corrected chi connectivity index (χ3v) is 3.15. The maximum atomic E-state index is 4.50. The fraction of sp³-hybridized carbons (Fsp3) is 0.200. The molecule has 0 aliphatic heterocycles. The number of para-hydroxylation sites is 1. The molecular formula is C15H16N4. The van der Waals surface area contributed by atoms with Crippen molar-refractivity contribution in [2.45, 2.75) is 13.5 Å². The highest BCUT2D eigenvalue weighted by Gasteiger charge is 2.08. The molecule has 0 radical (unpaired) electrons. The lowest BCUT2D eigenvalue weighted by Crippen LogP contribution is -2.14. The number of rotatable bonds is 4. The second-order valence-corrected chi connectivity index (χ2v) is 4.40. The van der Waals surface area contributed by atoms with E-state index in [0.29, 0.717) is 0 Å². The maximum absolute atomic E-state index is 4.50. The summed E-state index contributed by atoms with van der Waals surface area (Å²) in [4.78, 5) is 4.21. The molecule has 0 unspecified atom stereocenters. The molecule has 2 heterocycles. The molecule has 1 N–H and O–H groups in total. The van der Waals surface area contributed by atoms with Crippen molar-refractivity contribution in [2.24, 2.45) is 0 Å². The second kappa shape index (κ2) is 5.20. The highest BCUT2D eigenvalue weighted by atomic mass is 15.3. The minimum Gasteiger partial charge on any atom is -0.313 e. The van der Waals surface area contributed by atoms with Gasteiger partial charge in [-0.2, -0.15) is 5.10 Å². The zero-order chi connectivity index (χ0) is 13.1. The molecule has 3 rings (SSSR count). The monoisotopic (exact) mass is 252 g/mol. The third kappa shape index (κ3) is 2.22. The van der Waals surface area contributed by atoms with Crippen molar-refractivity contribution >= 4 is 10.9 Å². The van der Waals surface area contributed by atoms with E-state index < -0.39 is 0 Å². The van der Waals surface area contributed by atoms with Gasteiger partial charge in [0.1, 0.15) is 0 Å². The number of benzene rings is 1. The van der Waals surface area contributed by atoms with E-state index in [-0.39, 0.29) is 0 Å². The number of fused-ring (bicyclic) bond motifs is 1. The van der Waals surface area contributed by atoms with Crippen LogP contribution in [0.25, 0.3) is 16.6 Å². The van der Waals surface area contributed by atoms with Crippen LogP contribution in [0.15, 0.2) is 48.9 Å². The van der Waals surface area contributed by atoms with E-state index in [1.807, 2.05) is 35.3 Å². The number of hydrogen-bond acceptors (Lipinski definition) is 3. The predicted molar refractivity (Wildman–Crippen MR) is 76.2 cm³/mol. The summed E-state index contributed by atoms with van der Waals surface area (Å²) in [6, 6.07) is 10.2. The Labute approximate surface area is 112 Å². The third-order valence-electron chi connectivity index (χ3n) is 3.15. The summed E-state index contributed by atoms with van der Waals surface area (Å²) in [6.07, 6.45) is 5.60. The molecule has 0 aliphatic rings. The Balaban J connectivity index is 2.11. The summed E-state index contributed by atoms with van der Waals surface area (Å²) in [5.74, 6) is 0. The van der Waals surface area contributed by atoms with Crippen LogP contribution in [0.2, 0.25) is 0 Å². The minimum absolute atomic E-state index is 0.799. The van der Waals surface area contributed by atoms with Crippen molar-refractivity contribution in [1.82, 2.24) is 20.1 Å². The van der Waals surface area contributed by atoms with Crippen LogP contribution in [-0.2, 0) is 6.54 Å². The number of nitrogens with zero attached hydrogens (tertiary/aromatic N) is 3. The van der Waals surface area contributed by atoms with Gasteiger partial charge >= 0.3 is 0 Å². The van der Waals surface area contributed by atoms with Crippen LogP contribution < -0.4 is 5.32 Å². The van der Waals surface area contributed by atoms with Crippen molar-refractivity contribution in [3.8, 4) is 5.69 Å². The van der Waals surface area contributed by atoms with Gasteiger partial charge in [0, 0.05) is 29.9 Å². The molecule has 0 bridgehead atoms. The molecule has 4 nitrogen and oxygen atoms in total. The van der Waals surface area contributed by atoms with Gasteiger partial charge in [0.25, 0.3) is 0 Å². The molecule has 96 valence electrons. The number of aromatic nitrogens is 3. The quantitative estimate of drug-likeness (QED) is 0.776. The van der Waals surface area contributed by atoms with Gasteiger partial charge in [-0.25, -0.2) is 4.68 Å². The zero-order valence-electron chi connectivity index (χ0n) is 10.9. The first-order chi connectivity index (χ1) is 9.40. The van der Waals surface area contributed by atoms with E-state index in [1.165, 1.54) is 0 Å². The molecule has 2 aromatic heterocycles. The fourth-order valence-corrected chi connectivity index (χ4v) is 2.19. The van der Waals surface area contributed by atoms with E-state index in [4.69, 9.17) is 0 Å². The molecule has 4 heteroatoms. The molecule has 0 atom stereocenters. The molecule has 0 saturated carbocycles. The summed E-state index contributed by atoms with van der Waals surface area (Å²) in [5.41, 5.74) is 3.35. The SMILES string of the molecule is CCNCc1cnccc1-n1ncc2ccccc21. The number of nitrogens with one attached hydrogen (secondary N) is 1. The molecule has 0 saturated heterocycles. The standard InChI is InChI=1S/C15H16N4/c1-2-16-9-13-10-17-8-7-15(13)19-14-6-4-3-5-12(14)11-18-19/h3-8,10-11,16H,2,9H2,1H3. The number of pyridine rings is 1. The summed E-state index contributed by atoms with van der Waals surface area (Å²) in [6.45, 7) is 3.83. The maximum Gasteiger partial charge on any atom is 0.0741 e. The van der Waals surface area contributed by atoms with Crippen LogP contribution in [0.4, 0.5) is 0 Å². The van der Waals surface area contributed by atoms with Gasteiger partial charge in [-0.1, -0.05) is 25.1 Å². The summed E-state index contributed by atoms with van der Waals surface area (Å²) in [5, 5.41) is 8.98. The van der Waals surface area contributed by atoms with Crippen molar-refractivity contribution in [3.05, 3.63) is 54.5 Å². The Bertz CT molecular complexity index is 687. The normalized spacial score (nSPS) is 11.0. The van der Waals surface area contributed by atoms with Crippen LogP contribution in [0.5, 0.6) is 0 Å². The Morgan fingerprint density at radius 2 is 2.05 bits per heavy atom. The van der Waals surface area contributed by atoms with Gasteiger partial charge < -0.3 is 5.32 Å². The molecular weight excluding hydrogens is 236 g/mol. The highest BCUT2D eigenvalue weighted by Crippen LogP contribution is 2.20. The number of hydrogen-bond donors (Lipinski definition) is 1. The molecule has 1 aromatic carbocycles. The second-order valence-electron chi connectivity index (χ2n) is 4.40. The van der Waals surface area contributed by atoms with Gasteiger partial charge in [-0.05, 0) is 18.7 Å². The molecule has 0 aliphatic carbocycles. The molecule has 0 fully saturated rings. The Hall–Kier alpha value is -2.20. The average molecular weight is 252 g/mol. The topological polar surface area (TPSA) is 42.7 Å². The summed E-state index contributed by atoms with van der Waals surface area (Å²) in [7, 11) is 0. The summed E-state index contributed by atoms with van der Waals surface area (Å²) < 4.78 is 1.98. The van der Waals surface area contributed by atoms with E-state index in [0.717, 1.165) is 35.2 Å². The van der Waals surface area contributed by atoms with Crippen LogP contribution in [0.3, 0.4) is 0 Å².